The summed E-state index contributed by atoms with van der Waals surface area (Å²) in [5.41, 5.74) is 6.97. The van der Waals surface area contributed by atoms with Crippen LogP contribution >= 0.6 is 0 Å². The van der Waals surface area contributed by atoms with E-state index in [1.165, 1.54) is 0 Å². The fraction of sp³-hybridized carbons (Fsp3) is 0.323. The Kier molecular flexibility index (Phi) is 19.5. The van der Waals surface area contributed by atoms with Crippen molar-refractivity contribution in [1.29, 1.82) is 0 Å². The molecule has 1 unspecified atom stereocenters. The lowest BCUT2D eigenvalue weighted by Crippen LogP contribution is -2.62. The van der Waals surface area contributed by atoms with Gasteiger partial charge in [0.05, 0.1) is 59.5 Å². The van der Waals surface area contributed by atoms with Gasteiger partial charge in [-0.3, -0.25) is 0 Å². The second-order valence-electron chi connectivity index (χ2n) is 18.3. The van der Waals surface area contributed by atoms with Crippen LogP contribution in [-0.4, -0.2) is 81.7 Å². The average Bonchev–Trinajstić information content (AvgIpc) is 3.74. The number of ether oxygens (including phenoxy) is 11. The van der Waals surface area contributed by atoms with Gasteiger partial charge >= 0.3 is 0 Å². The van der Waals surface area contributed by atoms with Gasteiger partial charge in [-0.2, -0.15) is 0 Å². The van der Waals surface area contributed by atoms with Gasteiger partial charge in [0.2, 0.25) is 5.79 Å². The fourth-order valence-corrected chi connectivity index (χ4v) is 9.23. The molecule has 2 saturated heterocycles. The molecule has 7 aromatic carbocycles. The van der Waals surface area contributed by atoms with Crippen LogP contribution in [-0.2, 0) is 98.4 Å². The lowest BCUT2D eigenvalue weighted by molar-refractivity contribution is -0.345. The van der Waals surface area contributed by atoms with Crippen molar-refractivity contribution >= 4 is 0 Å². The van der Waals surface area contributed by atoms with Gasteiger partial charge in [0.15, 0.2) is 6.29 Å². The topological polar surface area (TPSA) is 102 Å². The molecule has 0 bridgehead atoms. The van der Waals surface area contributed by atoms with Crippen LogP contribution in [0.25, 0.3) is 0 Å². The van der Waals surface area contributed by atoms with Gasteiger partial charge in [-0.1, -0.05) is 212 Å². The SMILES string of the molecule is CO[C@H]1O[C@H](COC2(COCc3ccccc3)O[C@H](COCc3ccccc3)[C@@H](OCc3ccccc3)[C@@H]2OCc2ccccc2)[C@@H](OCc2ccccc2)[C@H](OCc2ccccc2)[C@@H]1OCc1ccccc1. The molecule has 0 radical (unpaired) electrons. The Bertz CT molecular complexity index is 2580. The van der Waals surface area contributed by atoms with Crippen LogP contribution in [0.5, 0.6) is 0 Å². The Balaban J connectivity index is 1.07. The highest BCUT2D eigenvalue weighted by Gasteiger charge is 2.59. The van der Waals surface area contributed by atoms with Gasteiger partial charge in [0.1, 0.15) is 49.3 Å². The van der Waals surface area contributed by atoms with E-state index in [9.17, 15) is 0 Å². The van der Waals surface area contributed by atoms with E-state index < -0.39 is 54.8 Å². The maximum Gasteiger partial charge on any atom is 0.222 e. The molecule has 2 aliphatic heterocycles. The van der Waals surface area contributed by atoms with E-state index in [2.05, 4.69) is 0 Å². The highest BCUT2D eigenvalue weighted by Crippen LogP contribution is 2.40. The summed E-state index contributed by atoms with van der Waals surface area (Å²) < 4.78 is 75.6. The van der Waals surface area contributed by atoms with E-state index >= 15 is 0 Å². The molecule has 380 valence electrons. The van der Waals surface area contributed by atoms with Crippen LogP contribution in [0.4, 0.5) is 0 Å². The molecule has 2 fully saturated rings. The predicted molar refractivity (Wildman–Crippen MR) is 277 cm³/mol. The van der Waals surface area contributed by atoms with E-state index in [4.69, 9.17) is 52.1 Å². The summed E-state index contributed by atoms with van der Waals surface area (Å²) in [5.74, 6) is -1.57. The Morgan fingerprint density at radius 3 is 1.14 bits per heavy atom. The number of benzene rings is 7. The molecule has 0 spiro atoms. The standard InChI is InChI=1S/C62H66O11/c1-63-61-59(69-42-52-33-19-7-20-34-52)58(68-41-51-31-17-6-18-32-51)56(66-39-49-27-13-4-14-28-49)54(72-61)45-71-62(46-65-38-48-25-11-3-12-26-48)60(70-43-53-35-21-8-22-36-53)57(67-40-50-29-15-5-16-30-50)55(73-62)44-64-37-47-23-9-2-10-24-47/h2-36,54-61H,37-46H2,1H3/t54-,55-,56-,57-,58+,59+,60+,61+,62?/m1/s1. The Morgan fingerprint density at radius 1 is 0.356 bits per heavy atom. The molecule has 2 heterocycles. The number of rotatable bonds is 27. The summed E-state index contributed by atoms with van der Waals surface area (Å²) in [6.45, 7) is 2.11. The first kappa shape index (κ1) is 52.0. The molecule has 0 saturated carbocycles. The summed E-state index contributed by atoms with van der Waals surface area (Å²) in [7, 11) is 1.61. The molecule has 9 atom stereocenters. The monoisotopic (exact) mass is 986 g/mol. The number of hydrogen-bond acceptors (Lipinski definition) is 11. The zero-order valence-corrected chi connectivity index (χ0v) is 41.4. The van der Waals surface area contributed by atoms with Crippen LogP contribution in [0.3, 0.4) is 0 Å². The number of hydrogen-bond donors (Lipinski definition) is 0. The Hall–Kier alpha value is -5.90. The number of methoxy groups -OCH3 is 1. The summed E-state index contributed by atoms with van der Waals surface area (Å²) in [5, 5.41) is 0. The van der Waals surface area contributed by atoms with Crippen molar-refractivity contribution in [2.45, 2.75) is 101 Å². The van der Waals surface area contributed by atoms with Crippen molar-refractivity contribution in [3.8, 4) is 0 Å². The summed E-state index contributed by atoms with van der Waals surface area (Å²) in [6.07, 6.45) is -5.98. The van der Waals surface area contributed by atoms with E-state index in [1.54, 1.807) is 7.11 Å². The maximum atomic E-state index is 7.33. The third-order valence-electron chi connectivity index (χ3n) is 13.0. The molecule has 0 amide bonds. The molecule has 9 rings (SSSR count). The molecule has 0 N–H and O–H groups in total. The van der Waals surface area contributed by atoms with E-state index in [0.29, 0.717) is 13.2 Å². The molecule has 11 heteroatoms. The Morgan fingerprint density at radius 2 is 0.712 bits per heavy atom. The summed E-state index contributed by atoms with van der Waals surface area (Å²) in [4.78, 5) is 0. The molecule has 73 heavy (non-hydrogen) atoms. The van der Waals surface area contributed by atoms with Crippen molar-refractivity contribution in [2.75, 3.05) is 26.9 Å². The summed E-state index contributed by atoms with van der Waals surface area (Å²) >= 11 is 0. The zero-order valence-electron chi connectivity index (χ0n) is 41.4. The van der Waals surface area contributed by atoms with Gasteiger partial charge in [0.25, 0.3) is 0 Å². The molecule has 11 nitrogen and oxygen atoms in total. The second kappa shape index (κ2) is 27.4. The highest BCUT2D eigenvalue weighted by atomic mass is 16.8. The first-order valence-electron chi connectivity index (χ1n) is 25.1. The van der Waals surface area contributed by atoms with Gasteiger partial charge in [-0.15, -0.1) is 0 Å². The van der Waals surface area contributed by atoms with Crippen LogP contribution in [0.1, 0.15) is 38.9 Å². The van der Waals surface area contributed by atoms with E-state index in [-0.39, 0.29) is 52.9 Å². The van der Waals surface area contributed by atoms with Gasteiger partial charge in [-0.25, -0.2) is 0 Å². The van der Waals surface area contributed by atoms with Crippen LogP contribution in [0, 0.1) is 0 Å². The highest BCUT2D eigenvalue weighted by molar-refractivity contribution is 5.19. The van der Waals surface area contributed by atoms with Gasteiger partial charge < -0.3 is 52.1 Å². The largest absolute Gasteiger partial charge is 0.374 e. The van der Waals surface area contributed by atoms with Gasteiger partial charge in [-0.05, 0) is 38.9 Å². The molecular weight excluding hydrogens is 921 g/mol. The third-order valence-corrected chi connectivity index (χ3v) is 13.0. The van der Waals surface area contributed by atoms with Crippen molar-refractivity contribution in [1.82, 2.24) is 0 Å². The minimum absolute atomic E-state index is 0.0333. The molecule has 0 aromatic heterocycles. The third kappa shape index (κ3) is 14.9. The normalized spacial score (nSPS) is 23.8. The fourth-order valence-electron chi connectivity index (χ4n) is 9.23. The van der Waals surface area contributed by atoms with Crippen molar-refractivity contribution in [3.63, 3.8) is 0 Å². The molecule has 2 aliphatic rings. The Labute approximate surface area is 429 Å². The van der Waals surface area contributed by atoms with Crippen molar-refractivity contribution in [2.24, 2.45) is 0 Å². The van der Waals surface area contributed by atoms with Crippen molar-refractivity contribution in [3.05, 3.63) is 251 Å². The smallest absolute Gasteiger partial charge is 0.222 e. The van der Waals surface area contributed by atoms with Crippen LogP contribution in [0.15, 0.2) is 212 Å². The van der Waals surface area contributed by atoms with Gasteiger partial charge in [0, 0.05) is 7.11 Å². The molecular formula is C62H66O11. The quantitative estimate of drug-likeness (QED) is 0.0492. The van der Waals surface area contributed by atoms with Crippen LogP contribution < -0.4 is 0 Å². The second-order valence-corrected chi connectivity index (χ2v) is 18.3. The van der Waals surface area contributed by atoms with Crippen molar-refractivity contribution < 1.29 is 52.1 Å². The first-order valence-corrected chi connectivity index (χ1v) is 25.1. The van der Waals surface area contributed by atoms with E-state index in [1.807, 2.05) is 212 Å². The average molecular weight is 987 g/mol. The summed E-state index contributed by atoms with van der Waals surface area (Å²) in [6, 6.07) is 70.3. The molecule has 7 aromatic rings. The lowest BCUT2D eigenvalue weighted by atomic mass is 9.97. The maximum absolute atomic E-state index is 7.33. The first-order chi connectivity index (χ1) is 36.1. The van der Waals surface area contributed by atoms with E-state index in [0.717, 1.165) is 38.9 Å². The lowest BCUT2D eigenvalue weighted by Gasteiger charge is -2.46. The minimum atomic E-state index is -1.57. The van der Waals surface area contributed by atoms with Crippen LogP contribution in [0.2, 0.25) is 0 Å². The molecule has 0 aliphatic carbocycles. The zero-order chi connectivity index (χ0) is 49.8. The minimum Gasteiger partial charge on any atom is -0.374 e. The predicted octanol–water partition coefficient (Wildman–Crippen LogP) is 10.8.